The number of benzene rings is 1. The SMILES string of the molecule is Cc1ccc(S(=O)(=O)[C@@H]2CS(=O)(=O)C[C@H]2N2CCOCC2)cc1. The lowest BCUT2D eigenvalue weighted by Gasteiger charge is -2.34. The zero-order chi connectivity index (χ0) is 16.7. The molecule has 0 spiro atoms. The van der Waals surface area contributed by atoms with Crippen molar-refractivity contribution in [2.24, 2.45) is 0 Å². The quantitative estimate of drug-likeness (QED) is 0.770. The molecule has 23 heavy (non-hydrogen) atoms. The van der Waals surface area contributed by atoms with Crippen molar-refractivity contribution in [3.8, 4) is 0 Å². The van der Waals surface area contributed by atoms with Crippen molar-refractivity contribution in [3.05, 3.63) is 29.8 Å². The maximum Gasteiger partial charge on any atom is 0.183 e. The Kier molecular flexibility index (Phi) is 4.52. The van der Waals surface area contributed by atoms with Gasteiger partial charge in [-0.1, -0.05) is 17.7 Å². The van der Waals surface area contributed by atoms with E-state index in [1.807, 2.05) is 11.8 Å². The second-order valence-electron chi connectivity index (χ2n) is 6.19. The largest absolute Gasteiger partial charge is 0.379 e. The summed E-state index contributed by atoms with van der Waals surface area (Å²) in [4.78, 5) is 2.15. The van der Waals surface area contributed by atoms with Crippen molar-refractivity contribution < 1.29 is 21.6 Å². The average molecular weight is 359 g/mol. The van der Waals surface area contributed by atoms with Gasteiger partial charge in [-0.15, -0.1) is 0 Å². The molecule has 0 radical (unpaired) electrons. The Bertz CT molecular complexity index is 765. The fourth-order valence-electron chi connectivity index (χ4n) is 3.25. The normalized spacial score (nSPS) is 28.7. The standard InChI is InChI=1S/C15H21NO5S2/c1-12-2-4-13(5-3-12)23(19,20)15-11-22(17,18)10-14(15)16-6-8-21-9-7-16/h2-5,14-15H,6-11H2,1H3/t14-,15-/m1/s1. The summed E-state index contributed by atoms with van der Waals surface area (Å²) in [6.45, 7) is 4.04. The van der Waals surface area contributed by atoms with Gasteiger partial charge in [0.15, 0.2) is 19.7 Å². The topological polar surface area (TPSA) is 80.8 Å². The van der Waals surface area contributed by atoms with Crippen LogP contribution in [0.25, 0.3) is 0 Å². The third kappa shape index (κ3) is 3.45. The van der Waals surface area contributed by atoms with Gasteiger partial charge in [-0.3, -0.25) is 4.90 Å². The van der Waals surface area contributed by atoms with E-state index < -0.39 is 31.0 Å². The smallest absolute Gasteiger partial charge is 0.183 e. The average Bonchev–Trinajstić information content (AvgIpc) is 2.85. The number of rotatable bonds is 3. The summed E-state index contributed by atoms with van der Waals surface area (Å²) < 4.78 is 55.4. The maximum atomic E-state index is 13.0. The fourth-order valence-corrected chi connectivity index (χ4v) is 8.08. The first-order valence-electron chi connectivity index (χ1n) is 7.62. The highest BCUT2D eigenvalue weighted by Gasteiger charge is 2.48. The molecule has 0 amide bonds. The molecule has 0 aliphatic carbocycles. The number of morpholine rings is 1. The molecular weight excluding hydrogens is 338 g/mol. The van der Waals surface area contributed by atoms with Crippen molar-refractivity contribution >= 4 is 19.7 Å². The van der Waals surface area contributed by atoms with Crippen LogP contribution in [0.15, 0.2) is 29.2 Å². The first-order valence-corrected chi connectivity index (χ1v) is 11.0. The van der Waals surface area contributed by atoms with E-state index in [1.165, 1.54) is 0 Å². The number of ether oxygens (including phenoxy) is 1. The first-order chi connectivity index (χ1) is 10.8. The predicted molar refractivity (Wildman–Crippen MR) is 87.0 cm³/mol. The Balaban J connectivity index is 1.95. The summed E-state index contributed by atoms with van der Waals surface area (Å²) in [5, 5.41) is -0.909. The van der Waals surface area contributed by atoms with Crippen molar-refractivity contribution in [1.29, 1.82) is 0 Å². The zero-order valence-corrected chi connectivity index (χ0v) is 14.6. The Morgan fingerprint density at radius 3 is 2.30 bits per heavy atom. The molecule has 2 aliphatic rings. The third-order valence-corrected chi connectivity index (χ3v) is 8.67. The summed E-state index contributed by atoms with van der Waals surface area (Å²) in [5.74, 6) is -0.395. The molecule has 2 atom stereocenters. The Morgan fingerprint density at radius 2 is 1.70 bits per heavy atom. The highest BCUT2D eigenvalue weighted by atomic mass is 32.2. The summed E-state index contributed by atoms with van der Waals surface area (Å²) in [7, 11) is -7.04. The van der Waals surface area contributed by atoms with Gasteiger partial charge in [-0.2, -0.15) is 0 Å². The lowest BCUT2D eigenvalue weighted by Crippen LogP contribution is -2.50. The van der Waals surface area contributed by atoms with Crippen LogP contribution in [-0.4, -0.2) is 70.8 Å². The summed E-state index contributed by atoms with van der Waals surface area (Å²) >= 11 is 0. The maximum absolute atomic E-state index is 13.0. The van der Waals surface area contributed by atoms with E-state index in [-0.39, 0.29) is 16.4 Å². The van der Waals surface area contributed by atoms with Crippen LogP contribution in [0.5, 0.6) is 0 Å². The second kappa shape index (κ2) is 6.16. The minimum absolute atomic E-state index is 0.0945. The molecule has 0 aromatic heterocycles. The van der Waals surface area contributed by atoms with Crippen LogP contribution in [0, 0.1) is 6.92 Å². The van der Waals surface area contributed by atoms with Crippen LogP contribution in [0.3, 0.4) is 0 Å². The molecule has 2 heterocycles. The van der Waals surface area contributed by atoms with Crippen molar-refractivity contribution in [3.63, 3.8) is 0 Å². The number of sulfone groups is 2. The second-order valence-corrected chi connectivity index (χ2v) is 10.5. The summed E-state index contributed by atoms with van der Waals surface area (Å²) in [6.07, 6.45) is 0. The number of nitrogens with zero attached hydrogens (tertiary/aromatic N) is 1. The number of aryl methyl sites for hydroxylation is 1. The van der Waals surface area contributed by atoms with Crippen LogP contribution < -0.4 is 0 Å². The van der Waals surface area contributed by atoms with E-state index in [2.05, 4.69) is 0 Å². The fraction of sp³-hybridized carbons (Fsp3) is 0.600. The van der Waals surface area contributed by atoms with Crippen LogP contribution in [0.4, 0.5) is 0 Å². The molecule has 2 saturated heterocycles. The predicted octanol–water partition coefficient (Wildman–Crippen LogP) is 0.267. The summed E-state index contributed by atoms with van der Waals surface area (Å²) in [5.41, 5.74) is 0.965. The number of hydrogen-bond acceptors (Lipinski definition) is 6. The first kappa shape index (κ1) is 16.9. The molecule has 3 rings (SSSR count). The Hall–Kier alpha value is -0.960. The van der Waals surface area contributed by atoms with E-state index >= 15 is 0 Å². The van der Waals surface area contributed by atoms with Crippen LogP contribution >= 0.6 is 0 Å². The monoisotopic (exact) mass is 359 g/mol. The molecule has 1 aromatic carbocycles. The molecule has 0 bridgehead atoms. The Labute approximate surface area is 137 Å². The molecule has 8 heteroatoms. The van der Waals surface area contributed by atoms with E-state index in [1.54, 1.807) is 24.3 Å². The lowest BCUT2D eigenvalue weighted by molar-refractivity contribution is 0.0222. The van der Waals surface area contributed by atoms with Crippen molar-refractivity contribution in [2.75, 3.05) is 37.8 Å². The third-order valence-electron chi connectivity index (χ3n) is 4.53. The molecule has 2 aliphatic heterocycles. The van der Waals surface area contributed by atoms with Crippen molar-refractivity contribution in [2.45, 2.75) is 23.1 Å². The Morgan fingerprint density at radius 1 is 1.09 bits per heavy atom. The number of hydrogen-bond donors (Lipinski definition) is 0. The lowest BCUT2D eigenvalue weighted by atomic mass is 10.2. The minimum Gasteiger partial charge on any atom is -0.379 e. The van der Waals surface area contributed by atoms with Crippen LogP contribution in [0.1, 0.15) is 5.56 Å². The van der Waals surface area contributed by atoms with Gasteiger partial charge in [0.1, 0.15) is 0 Å². The minimum atomic E-state index is -3.69. The molecule has 0 unspecified atom stereocenters. The van der Waals surface area contributed by atoms with Gasteiger partial charge in [0.2, 0.25) is 0 Å². The molecule has 0 N–H and O–H groups in total. The molecular formula is C15H21NO5S2. The summed E-state index contributed by atoms with van der Waals surface area (Å²) in [6, 6.07) is 6.10. The van der Waals surface area contributed by atoms with Gasteiger partial charge in [0.05, 0.1) is 34.9 Å². The van der Waals surface area contributed by atoms with Crippen LogP contribution in [-0.2, 0) is 24.4 Å². The van der Waals surface area contributed by atoms with Gasteiger partial charge >= 0.3 is 0 Å². The zero-order valence-electron chi connectivity index (χ0n) is 13.0. The molecule has 128 valence electrons. The highest BCUT2D eigenvalue weighted by molar-refractivity contribution is 7.96. The van der Waals surface area contributed by atoms with Gasteiger partial charge in [0, 0.05) is 19.1 Å². The van der Waals surface area contributed by atoms with E-state index in [0.717, 1.165) is 5.56 Å². The van der Waals surface area contributed by atoms with Crippen LogP contribution in [0.2, 0.25) is 0 Å². The van der Waals surface area contributed by atoms with Crippen molar-refractivity contribution in [1.82, 2.24) is 4.90 Å². The molecule has 2 fully saturated rings. The molecule has 1 aromatic rings. The van der Waals surface area contributed by atoms with E-state index in [4.69, 9.17) is 4.74 Å². The van der Waals surface area contributed by atoms with Gasteiger partial charge in [-0.05, 0) is 19.1 Å². The highest BCUT2D eigenvalue weighted by Crippen LogP contribution is 2.29. The van der Waals surface area contributed by atoms with E-state index in [9.17, 15) is 16.8 Å². The molecule has 0 saturated carbocycles. The van der Waals surface area contributed by atoms with Gasteiger partial charge < -0.3 is 4.74 Å². The van der Waals surface area contributed by atoms with E-state index in [0.29, 0.717) is 26.3 Å². The van der Waals surface area contributed by atoms with Gasteiger partial charge in [0.25, 0.3) is 0 Å². The molecule has 6 nitrogen and oxygen atoms in total. The van der Waals surface area contributed by atoms with Gasteiger partial charge in [-0.25, -0.2) is 16.8 Å².